The highest BCUT2D eigenvalue weighted by Crippen LogP contribution is 2.41. The smallest absolute Gasteiger partial charge is 0.373 e. The summed E-state index contributed by atoms with van der Waals surface area (Å²) in [6, 6.07) is 0. The van der Waals surface area contributed by atoms with Gasteiger partial charge in [-0.1, -0.05) is 0 Å². The molecule has 0 amide bonds. The minimum atomic E-state index is -4.42. The normalized spacial score (nSPS) is 15.3. The van der Waals surface area contributed by atoms with Crippen LogP contribution in [0.5, 0.6) is 0 Å². The summed E-state index contributed by atoms with van der Waals surface area (Å²) >= 11 is 0.613. The van der Waals surface area contributed by atoms with Crippen LogP contribution in [0.4, 0.5) is 19.0 Å². The van der Waals surface area contributed by atoms with E-state index in [1.165, 1.54) is 6.20 Å². The Bertz CT molecular complexity index is 677. The summed E-state index contributed by atoms with van der Waals surface area (Å²) in [5.41, 5.74) is 1.27. The van der Waals surface area contributed by atoms with Crippen LogP contribution in [-0.2, 0) is 6.18 Å². The Morgan fingerprint density at radius 1 is 1.29 bits per heavy atom. The van der Waals surface area contributed by atoms with Crippen LogP contribution in [0.1, 0.15) is 35.2 Å². The van der Waals surface area contributed by atoms with E-state index in [-0.39, 0.29) is 0 Å². The van der Waals surface area contributed by atoms with E-state index >= 15 is 0 Å². The van der Waals surface area contributed by atoms with Crippen molar-refractivity contribution < 1.29 is 13.2 Å². The van der Waals surface area contributed by atoms with E-state index in [1.807, 2.05) is 0 Å². The molecule has 0 saturated heterocycles. The molecule has 8 heteroatoms. The van der Waals surface area contributed by atoms with Crippen molar-refractivity contribution in [2.75, 3.05) is 12.4 Å². The van der Waals surface area contributed by atoms with Crippen molar-refractivity contribution in [3.8, 4) is 10.6 Å². The van der Waals surface area contributed by atoms with Gasteiger partial charge in [-0.05, 0) is 19.8 Å². The monoisotopic (exact) mass is 314 g/mol. The fourth-order valence-electron chi connectivity index (χ4n) is 2.06. The van der Waals surface area contributed by atoms with Crippen molar-refractivity contribution in [3.05, 3.63) is 22.6 Å². The van der Waals surface area contributed by atoms with Crippen LogP contribution in [0.2, 0.25) is 0 Å². The van der Waals surface area contributed by atoms with E-state index in [0.29, 0.717) is 39.5 Å². The Morgan fingerprint density at radius 3 is 2.52 bits per heavy atom. The second kappa shape index (κ2) is 4.94. The van der Waals surface area contributed by atoms with Gasteiger partial charge in [0.05, 0.1) is 10.6 Å². The van der Waals surface area contributed by atoms with Gasteiger partial charge in [-0.3, -0.25) is 0 Å². The van der Waals surface area contributed by atoms with E-state index in [2.05, 4.69) is 20.3 Å². The third-order valence-electron chi connectivity index (χ3n) is 3.32. The first-order valence-corrected chi connectivity index (χ1v) is 7.31. The number of anilines is 1. The summed E-state index contributed by atoms with van der Waals surface area (Å²) in [4.78, 5) is 12.8. The number of aromatic nitrogens is 3. The molecule has 1 aliphatic rings. The van der Waals surface area contributed by atoms with Crippen LogP contribution < -0.4 is 5.32 Å². The second-order valence-electron chi connectivity index (χ2n) is 4.96. The molecule has 2 aromatic rings. The molecule has 21 heavy (non-hydrogen) atoms. The zero-order valence-corrected chi connectivity index (χ0v) is 12.3. The van der Waals surface area contributed by atoms with Gasteiger partial charge in [0.25, 0.3) is 0 Å². The van der Waals surface area contributed by atoms with Gasteiger partial charge in [0.15, 0.2) is 5.01 Å². The summed E-state index contributed by atoms with van der Waals surface area (Å²) in [6.07, 6.45) is -1.13. The molecule has 0 spiro atoms. The van der Waals surface area contributed by atoms with E-state index in [0.717, 1.165) is 18.4 Å². The Hall–Kier alpha value is -1.70. The molecule has 112 valence electrons. The lowest BCUT2D eigenvalue weighted by atomic mass is 10.2. The Labute approximate surface area is 123 Å². The number of thiazole rings is 1. The number of halogens is 3. The lowest BCUT2D eigenvalue weighted by molar-refractivity contribution is -0.137. The number of hydrogen-bond donors (Lipinski definition) is 1. The molecule has 3 rings (SSSR count). The minimum absolute atomic E-state index is 0.325. The quantitative estimate of drug-likeness (QED) is 0.935. The Balaban J connectivity index is 2.08. The van der Waals surface area contributed by atoms with Gasteiger partial charge < -0.3 is 5.32 Å². The average molecular weight is 314 g/mol. The number of nitrogens with zero attached hydrogens (tertiary/aromatic N) is 3. The van der Waals surface area contributed by atoms with Crippen molar-refractivity contribution in [3.63, 3.8) is 0 Å². The van der Waals surface area contributed by atoms with Crippen molar-refractivity contribution >= 4 is 17.2 Å². The predicted octanol–water partition coefficient (Wildman–Crippen LogP) is 3.85. The number of alkyl halides is 3. The van der Waals surface area contributed by atoms with Gasteiger partial charge in [-0.2, -0.15) is 13.2 Å². The lowest BCUT2D eigenvalue weighted by Gasteiger charge is -2.10. The summed E-state index contributed by atoms with van der Waals surface area (Å²) in [5, 5.41) is 2.12. The van der Waals surface area contributed by atoms with Crippen LogP contribution in [0.15, 0.2) is 6.20 Å². The first kappa shape index (κ1) is 14.2. The fourth-order valence-corrected chi connectivity index (χ4v) is 2.89. The van der Waals surface area contributed by atoms with Gasteiger partial charge in [-0.25, -0.2) is 15.0 Å². The van der Waals surface area contributed by atoms with Crippen molar-refractivity contribution in [2.24, 2.45) is 0 Å². The molecule has 0 aliphatic heterocycles. The third kappa shape index (κ3) is 2.72. The molecular formula is C13H13F3N4S. The standard InChI is InChI=1S/C13H13F3N4S/c1-6-9(8-5-18-12(21-8)13(14,15)16)19-11(7-3-4-7)20-10(6)17-2/h5,7H,3-4H2,1-2H3,(H,17,19,20). The number of nitrogens with one attached hydrogen (secondary N) is 1. The molecule has 0 bridgehead atoms. The largest absolute Gasteiger partial charge is 0.443 e. The summed E-state index contributed by atoms with van der Waals surface area (Å²) in [7, 11) is 1.74. The molecule has 1 fully saturated rings. The maximum Gasteiger partial charge on any atom is 0.443 e. The highest BCUT2D eigenvalue weighted by atomic mass is 32.1. The fraction of sp³-hybridized carbons (Fsp3) is 0.462. The first-order chi connectivity index (χ1) is 9.90. The molecule has 2 heterocycles. The molecule has 1 aliphatic carbocycles. The molecule has 2 aromatic heterocycles. The highest BCUT2D eigenvalue weighted by Gasteiger charge is 2.35. The maximum absolute atomic E-state index is 12.7. The SMILES string of the molecule is CNc1nc(C2CC2)nc(-c2cnc(C(F)(F)F)s2)c1C. The zero-order valence-electron chi connectivity index (χ0n) is 11.5. The Kier molecular flexibility index (Phi) is 3.35. The average Bonchev–Trinajstić information content (AvgIpc) is 3.14. The minimum Gasteiger partial charge on any atom is -0.373 e. The highest BCUT2D eigenvalue weighted by molar-refractivity contribution is 7.15. The topological polar surface area (TPSA) is 50.7 Å². The van der Waals surface area contributed by atoms with E-state index in [9.17, 15) is 13.2 Å². The van der Waals surface area contributed by atoms with Crippen LogP contribution in [0.25, 0.3) is 10.6 Å². The first-order valence-electron chi connectivity index (χ1n) is 6.50. The Morgan fingerprint density at radius 2 is 2.00 bits per heavy atom. The third-order valence-corrected chi connectivity index (χ3v) is 4.37. The van der Waals surface area contributed by atoms with Gasteiger partial charge >= 0.3 is 6.18 Å². The number of rotatable bonds is 3. The van der Waals surface area contributed by atoms with E-state index in [4.69, 9.17) is 0 Å². The van der Waals surface area contributed by atoms with Crippen LogP contribution in [0, 0.1) is 6.92 Å². The van der Waals surface area contributed by atoms with E-state index < -0.39 is 11.2 Å². The van der Waals surface area contributed by atoms with Crippen LogP contribution in [-0.4, -0.2) is 22.0 Å². The zero-order chi connectivity index (χ0) is 15.2. The summed E-state index contributed by atoms with van der Waals surface area (Å²) in [6.45, 7) is 1.80. The van der Waals surface area contributed by atoms with Gasteiger partial charge in [0.2, 0.25) is 0 Å². The van der Waals surface area contributed by atoms with Crippen molar-refractivity contribution in [2.45, 2.75) is 31.9 Å². The molecule has 0 radical (unpaired) electrons. The van der Waals surface area contributed by atoms with Crippen molar-refractivity contribution in [1.82, 2.24) is 15.0 Å². The lowest BCUT2D eigenvalue weighted by Crippen LogP contribution is -2.04. The summed E-state index contributed by atoms with van der Waals surface area (Å²) < 4.78 is 38.0. The van der Waals surface area contributed by atoms with Crippen LogP contribution >= 0.6 is 11.3 Å². The molecule has 1 N–H and O–H groups in total. The molecule has 4 nitrogen and oxygen atoms in total. The predicted molar refractivity (Wildman–Crippen MR) is 74.4 cm³/mol. The maximum atomic E-state index is 12.7. The van der Waals surface area contributed by atoms with Gasteiger partial charge in [-0.15, -0.1) is 11.3 Å². The number of hydrogen-bond acceptors (Lipinski definition) is 5. The molecule has 0 aromatic carbocycles. The van der Waals surface area contributed by atoms with E-state index in [1.54, 1.807) is 14.0 Å². The molecule has 0 atom stereocenters. The molecule has 1 saturated carbocycles. The van der Waals surface area contributed by atoms with Crippen molar-refractivity contribution in [1.29, 1.82) is 0 Å². The molecule has 0 unspecified atom stereocenters. The van der Waals surface area contributed by atoms with Crippen LogP contribution in [0.3, 0.4) is 0 Å². The second-order valence-corrected chi connectivity index (χ2v) is 5.99. The molecular weight excluding hydrogens is 301 g/mol. The summed E-state index contributed by atoms with van der Waals surface area (Å²) in [5.74, 6) is 1.68. The van der Waals surface area contributed by atoms with Gasteiger partial charge in [0, 0.05) is 24.7 Å². The van der Waals surface area contributed by atoms with Gasteiger partial charge in [0.1, 0.15) is 11.6 Å².